The van der Waals surface area contributed by atoms with Crippen molar-refractivity contribution in [3.8, 4) is 17.0 Å². The number of ether oxygens (including phenoxy) is 1. The minimum Gasteiger partial charge on any atom is -0.497 e. The summed E-state index contributed by atoms with van der Waals surface area (Å²) in [6, 6.07) is 15.1. The second-order valence-electron chi connectivity index (χ2n) is 8.91. The van der Waals surface area contributed by atoms with E-state index in [0.29, 0.717) is 18.0 Å². The van der Waals surface area contributed by atoms with Gasteiger partial charge in [-0.25, -0.2) is 13.4 Å². The molecule has 3 aromatic rings. The van der Waals surface area contributed by atoms with Crippen molar-refractivity contribution >= 4 is 27.0 Å². The van der Waals surface area contributed by atoms with Crippen molar-refractivity contribution in [2.24, 2.45) is 4.99 Å². The summed E-state index contributed by atoms with van der Waals surface area (Å²) in [5.41, 5.74) is 2.95. The molecule has 0 aliphatic carbocycles. The zero-order valence-corrected chi connectivity index (χ0v) is 22.3. The molecule has 188 valence electrons. The molecule has 1 aliphatic heterocycles. The van der Waals surface area contributed by atoms with Gasteiger partial charge in [-0.3, -0.25) is 0 Å². The van der Waals surface area contributed by atoms with E-state index in [0.717, 1.165) is 79.0 Å². The molecule has 8 heteroatoms. The lowest BCUT2D eigenvalue weighted by Crippen LogP contribution is -2.31. The van der Waals surface area contributed by atoms with Crippen LogP contribution in [-0.4, -0.2) is 37.5 Å². The van der Waals surface area contributed by atoms with Crippen LogP contribution in [0, 0.1) is 0 Å². The van der Waals surface area contributed by atoms with E-state index >= 15 is 0 Å². The Bertz CT molecular complexity index is 1250. The van der Waals surface area contributed by atoms with Crippen molar-refractivity contribution in [3.05, 3.63) is 58.7 Å². The van der Waals surface area contributed by atoms with Crippen LogP contribution in [0.25, 0.3) is 11.3 Å². The molecule has 0 bridgehead atoms. The van der Waals surface area contributed by atoms with E-state index in [9.17, 15) is 8.42 Å². The minimum absolute atomic E-state index is 0.374. The van der Waals surface area contributed by atoms with Crippen LogP contribution in [0.4, 0.5) is 5.69 Å². The number of thiazole rings is 1. The Balaban J connectivity index is 1.65. The van der Waals surface area contributed by atoms with Crippen molar-refractivity contribution in [3.63, 3.8) is 0 Å². The van der Waals surface area contributed by atoms with E-state index in [4.69, 9.17) is 9.73 Å². The molecular weight excluding hydrogens is 478 g/mol. The quantitative estimate of drug-likeness (QED) is 0.320. The highest BCUT2D eigenvalue weighted by molar-refractivity contribution is 7.89. The number of hydrogen-bond donors (Lipinski definition) is 0. The molecule has 0 N–H and O–H groups in total. The van der Waals surface area contributed by atoms with Gasteiger partial charge in [-0.1, -0.05) is 44.7 Å². The van der Waals surface area contributed by atoms with Crippen LogP contribution in [-0.2, 0) is 16.6 Å². The van der Waals surface area contributed by atoms with Gasteiger partial charge in [0.05, 0.1) is 23.4 Å². The number of benzene rings is 2. The molecule has 1 fully saturated rings. The zero-order chi connectivity index (χ0) is 24.7. The number of unbranched alkanes of at least 4 members (excludes halogenated alkanes) is 2. The molecule has 35 heavy (non-hydrogen) atoms. The zero-order valence-electron chi connectivity index (χ0n) is 20.7. The molecular formula is C27H35N3O3S2. The molecule has 2 heterocycles. The summed E-state index contributed by atoms with van der Waals surface area (Å²) in [6.45, 7) is 4.30. The van der Waals surface area contributed by atoms with E-state index in [2.05, 4.69) is 16.9 Å². The summed E-state index contributed by atoms with van der Waals surface area (Å²) in [5, 5.41) is 2.12. The van der Waals surface area contributed by atoms with Crippen molar-refractivity contribution in [1.82, 2.24) is 8.87 Å². The minimum atomic E-state index is -3.45. The van der Waals surface area contributed by atoms with Crippen molar-refractivity contribution in [2.45, 2.75) is 63.3 Å². The maximum Gasteiger partial charge on any atom is 0.243 e. The van der Waals surface area contributed by atoms with Gasteiger partial charge >= 0.3 is 0 Å². The molecule has 1 aromatic heterocycles. The van der Waals surface area contributed by atoms with Gasteiger partial charge in [-0.05, 0) is 61.2 Å². The molecule has 6 nitrogen and oxygen atoms in total. The van der Waals surface area contributed by atoms with Crippen molar-refractivity contribution in [2.75, 3.05) is 20.2 Å². The predicted octanol–water partition coefficient (Wildman–Crippen LogP) is 6.21. The Morgan fingerprint density at radius 2 is 1.63 bits per heavy atom. The summed E-state index contributed by atoms with van der Waals surface area (Å²) in [6.07, 6.45) is 7.44. The van der Waals surface area contributed by atoms with E-state index < -0.39 is 10.0 Å². The van der Waals surface area contributed by atoms with Crippen LogP contribution >= 0.6 is 11.3 Å². The highest BCUT2D eigenvalue weighted by atomic mass is 32.2. The van der Waals surface area contributed by atoms with E-state index in [1.54, 1.807) is 34.9 Å². The molecule has 0 saturated carbocycles. The fourth-order valence-corrected chi connectivity index (χ4v) is 6.85. The summed E-state index contributed by atoms with van der Waals surface area (Å²) >= 11 is 1.61. The van der Waals surface area contributed by atoms with Crippen LogP contribution < -0.4 is 9.54 Å². The molecule has 0 unspecified atom stereocenters. The van der Waals surface area contributed by atoms with Crippen LogP contribution in [0.3, 0.4) is 0 Å². The predicted molar refractivity (Wildman–Crippen MR) is 143 cm³/mol. The number of sulfonamides is 1. The number of nitrogens with zero attached hydrogens (tertiary/aromatic N) is 3. The third kappa shape index (κ3) is 6.23. The van der Waals surface area contributed by atoms with Crippen molar-refractivity contribution in [1.29, 1.82) is 0 Å². The highest BCUT2D eigenvalue weighted by Gasteiger charge is 2.25. The van der Waals surface area contributed by atoms with E-state index in [-0.39, 0.29) is 0 Å². The largest absolute Gasteiger partial charge is 0.497 e. The van der Waals surface area contributed by atoms with Crippen LogP contribution in [0.5, 0.6) is 5.75 Å². The summed E-state index contributed by atoms with van der Waals surface area (Å²) in [7, 11) is -1.80. The standard InChI is InChI=1S/C27H35N3O3S2/c1-3-4-7-20-30-26(21-34-27(30)28-23-12-14-24(33-2)15-13-23)22-10-16-25(17-11-22)35(31,32)29-18-8-5-6-9-19-29/h10-17,21H,3-9,18-20H2,1-2H3. The monoisotopic (exact) mass is 513 g/mol. The fourth-order valence-electron chi connectivity index (χ4n) is 4.38. The molecule has 0 atom stereocenters. The van der Waals surface area contributed by atoms with E-state index in [1.807, 2.05) is 36.4 Å². The second kappa shape index (κ2) is 12.0. The van der Waals surface area contributed by atoms with Gasteiger partial charge in [0.15, 0.2) is 4.80 Å². The van der Waals surface area contributed by atoms with Gasteiger partial charge in [0.2, 0.25) is 10.0 Å². The van der Waals surface area contributed by atoms with Gasteiger partial charge < -0.3 is 9.30 Å². The Morgan fingerprint density at radius 1 is 0.943 bits per heavy atom. The Morgan fingerprint density at radius 3 is 2.26 bits per heavy atom. The maximum atomic E-state index is 13.2. The molecule has 0 spiro atoms. The van der Waals surface area contributed by atoms with Crippen molar-refractivity contribution < 1.29 is 13.2 Å². The van der Waals surface area contributed by atoms with Crippen LogP contribution in [0.15, 0.2) is 63.8 Å². The average molecular weight is 514 g/mol. The SMILES string of the molecule is CCCCCn1c(-c2ccc(S(=O)(=O)N3CCCCCC3)cc2)csc1=Nc1ccc(OC)cc1. The molecule has 2 aromatic carbocycles. The number of rotatable bonds is 9. The molecule has 0 radical (unpaired) electrons. The Hall–Kier alpha value is -2.42. The van der Waals surface area contributed by atoms with E-state index in [1.165, 1.54) is 0 Å². The fraction of sp³-hybridized carbons (Fsp3) is 0.444. The first-order valence-electron chi connectivity index (χ1n) is 12.5. The summed E-state index contributed by atoms with van der Waals surface area (Å²) < 4.78 is 35.5. The lowest BCUT2D eigenvalue weighted by molar-refractivity contribution is 0.415. The second-order valence-corrected chi connectivity index (χ2v) is 11.7. The third-order valence-corrected chi connectivity index (χ3v) is 9.21. The first-order valence-corrected chi connectivity index (χ1v) is 14.8. The van der Waals surface area contributed by atoms with Crippen LogP contribution in [0.1, 0.15) is 51.9 Å². The molecule has 0 amide bonds. The van der Waals surface area contributed by atoms with Crippen LogP contribution in [0.2, 0.25) is 0 Å². The van der Waals surface area contributed by atoms with Gasteiger partial charge in [0, 0.05) is 25.0 Å². The smallest absolute Gasteiger partial charge is 0.243 e. The first kappa shape index (κ1) is 25.7. The lowest BCUT2D eigenvalue weighted by atomic mass is 10.1. The summed E-state index contributed by atoms with van der Waals surface area (Å²) in [5.74, 6) is 0.807. The van der Waals surface area contributed by atoms with Gasteiger partial charge in [-0.15, -0.1) is 11.3 Å². The van der Waals surface area contributed by atoms with Gasteiger partial charge in [0.1, 0.15) is 5.75 Å². The van der Waals surface area contributed by atoms with Gasteiger partial charge in [-0.2, -0.15) is 4.31 Å². The third-order valence-electron chi connectivity index (χ3n) is 6.43. The summed E-state index contributed by atoms with van der Waals surface area (Å²) in [4.78, 5) is 6.20. The lowest BCUT2D eigenvalue weighted by Gasteiger charge is -2.20. The number of hydrogen-bond acceptors (Lipinski definition) is 5. The number of aromatic nitrogens is 1. The first-order chi connectivity index (χ1) is 17.0. The maximum absolute atomic E-state index is 13.2. The molecule has 4 rings (SSSR count). The number of methoxy groups -OCH3 is 1. The van der Waals surface area contributed by atoms with Gasteiger partial charge in [0.25, 0.3) is 0 Å². The highest BCUT2D eigenvalue weighted by Crippen LogP contribution is 2.26. The average Bonchev–Trinajstić information content (AvgIpc) is 3.07. The normalized spacial score (nSPS) is 15.8. The Kier molecular flexibility index (Phi) is 8.81. The molecule has 1 aliphatic rings. The molecule has 1 saturated heterocycles. The topological polar surface area (TPSA) is 63.9 Å². The Labute approximate surface area is 213 Å².